The van der Waals surface area contributed by atoms with Gasteiger partial charge in [-0.05, 0) is 55.0 Å². The van der Waals surface area contributed by atoms with E-state index in [1.165, 1.54) is 30.6 Å². The first-order valence-corrected chi connectivity index (χ1v) is 10.7. The highest BCUT2D eigenvalue weighted by Gasteiger charge is 2.19. The lowest BCUT2D eigenvalue weighted by Crippen LogP contribution is -2.23. The molecule has 0 radical (unpaired) electrons. The molecule has 0 saturated heterocycles. The molecule has 0 fully saturated rings. The molecular formula is C19H20N2O5S2. The molecule has 0 spiro atoms. The molecule has 28 heavy (non-hydrogen) atoms. The van der Waals surface area contributed by atoms with Crippen LogP contribution in [0.25, 0.3) is 0 Å². The maximum absolute atomic E-state index is 12.6. The second kappa shape index (κ2) is 8.27. The number of carbonyl (C=O) groups excluding carboxylic acids is 1. The molecule has 0 aliphatic carbocycles. The predicted molar refractivity (Wildman–Crippen MR) is 107 cm³/mol. The quantitative estimate of drug-likeness (QED) is 0.544. The molecule has 1 amide bonds. The zero-order valence-corrected chi connectivity index (χ0v) is 16.9. The predicted octanol–water partition coefficient (Wildman–Crippen LogP) is 3.17. The Kier molecular flexibility index (Phi) is 5.99. The third-order valence-corrected chi connectivity index (χ3v) is 6.68. The van der Waals surface area contributed by atoms with E-state index in [1.54, 1.807) is 43.3 Å². The molecular weight excluding hydrogens is 400 g/mol. The van der Waals surface area contributed by atoms with Crippen LogP contribution in [0.4, 0.5) is 5.69 Å². The zero-order chi connectivity index (χ0) is 20.3. The number of sulfonamides is 1. The number of aryl methyl sites for hydroxylation is 1. The first-order chi connectivity index (χ1) is 13.3. The molecule has 3 aromatic rings. The smallest absolute Gasteiger partial charge is 0.241 e. The molecule has 1 aromatic carbocycles. The third-order valence-electron chi connectivity index (χ3n) is 3.99. The van der Waals surface area contributed by atoms with E-state index < -0.39 is 16.1 Å². The minimum atomic E-state index is -3.73. The topological polar surface area (TPSA) is 109 Å². The van der Waals surface area contributed by atoms with Gasteiger partial charge in [0.2, 0.25) is 15.9 Å². The van der Waals surface area contributed by atoms with E-state index in [4.69, 9.17) is 4.42 Å². The first kappa shape index (κ1) is 20.3. The summed E-state index contributed by atoms with van der Waals surface area (Å²) < 4.78 is 33.0. The summed E-state index contributed by atoms with van der Waals surface area (Å²) >= 11 is 1.30. The summed E-state index contributed by atoms with van der Waals surface area (Å²) in [5.41, 5.74) is 1.07. The normalized spacial score (nSPS) is 12.7. The number of aliphatic hydroxyl groups excluding tert-OH is 1. The standard InChI is InChI=1S/C19H20N2O5S2/c1-12-10-14(21-13(2)22)5-8-18(12)28(24,25)20-11-15-6-7-17(27-15)19(23)16-4-3-9-26-16/h3-10,19-20,23H,11H2,1-2H3,(H,21,22). The maximum atomic E-state index is 12.6. The summed E-state index contributed by atoms with van der Waals surface area (Å²) in [6.07, 6.45) is 0.606. The van der Waals surface area contributed by atoms with Gasteiger partial charge in [-0.15, -0.1) is 11.3 Å². The molecule has 3 N–H and O–H groups in total. The molecule has 0 aliphatic rings. The van der Waals surface area contributed by atoms with Crippen molar-refractivity contribution in [2.24, 2.45) is 0 Å². The Hall–Kier alpha value is -2.46. The highest BCUT2D eigenvalue weighted by molar-refractivity contribution is 7.89. The van der Waals surface area contributed by atoms with Crippen LogP contribution in [0.5, 0.6) is 0 Å². The molecule has 2 heterocycles. The van der Waals surface area contributed by atoms with Gasteiger partial charge in [-0.1, -0.05) is 0 Å². The van der Waals surface area contributed by atoms with Crippen LogP contribution in [0, 0.1) is 6.92 Å². The van der Waals surface area contributed by atoms with E-state index in [2.05, 4.69) is 10.0 Å². The van der Waals surface area contributed by atoms with Crippen molar-refractivity contribution in [3.05, 3.63) is 69.8 Å². The van der Waals surface area contributed by atoms with Crippen molar-refractivity contribution in [2.45, 2.75) is 31.4 Å². The van der Waals surface area contributed by atoms with Gasteiger partial charge in [0.15, 0.2) is 0 Å². The molecule has 148 valence electrons. The lowest BCUT2D eigenvalue weighted by atomic mass is 10.2. The van der Waals surface area contributed by atoms with Crippen molar-refractivity contribution < 1.29 is 22.7 Å². The van der Waals surface area contributed by atoms with Crippen LogP contribution in [0.2, 0.25) is 0 Å². The average Bonchev–Trinajstić information content (AvgIpc) is 3.31. The van der Waals surface area contributed by atoms with Crippen molar-refractivity contribution in [1.82, 2.24) is 4.72 Å². The van der Waals surface area contributed by atoms with E-state index in [0.717, 1.165) is 4.88 Å². The summed E-state index contributed by atoms with van der Waals surface area (Å²) in [7, 11) is -3.73. The van der Waals surface area contributed by atoms with Crippen LogP contribution in [0.1, 0.15) is 34.1 Å². The Morgan fingerprint density at radius 2 is 2.04 bits per heavy atom. The third kappa shape index (κ3) is 4.68. The van der Waals surface area contributed by atoms with Crippen LogP contribution in [0.3, 0.4) is 0 Å². The molecule has 1 atom stereocenters. The molecule has 1 unspecified atom stereocenters. The largest absolute Gasteiger partial charge is 0.466 e. The number of hydrogen-bond donors (Lipinski definition) is 3. The number of amides is 1. The average molecular weight is 421 g/mol. The van der Waals surface area contributed by atoms with Crippen molar-refractivity contribution in [3.8, 4) is 0 Å². The van der Waals surface area contributed by atoms with Gasteiger partial charge in [0.25, 0.3) is 0 Å². The highest BCUT2D eigenvalue weighted by Crippen LogP contribution is 2.29. The monoisotopic (exact) mass is 420 g/mol. The number of thiophene rings is 1. The first-order valence-electron chi connectivity index (χ1n) is 8.44. The molecule has 0 aliphatic heterocycles. The summed E-state index contributed by atoms with van der Waals surface area (Å²) in [5.74, 6) is 0.210. The maximum Gasteiger partial charge on any atom is 0.241 e. The number of benzene rings is 1. The Morgan fingerprint density at radius 1 is 1.25 bits per heavy atom. The van der Waals surface area contributed by atoms with E-state index in [0.29, 0.717) is 21.9 Å². The van der Waals surface area contributed by atoms with Gasteiger partial charge in [-0.3, -0.25) is 4.79 Å². The van der Waals surface area contributed by atoms with Crippen molar-refractivity contribution >= 4 is 33.0 Å². The van der Waals surface area contributed by atoms with Gasteiger partial charge in [-0.2, -0.15) is 0 Å². The van der Waals surface area contributed by atoms with Crippen molar-refractivity contribution in [3.63, 3.8) is 0 Å². The van der Waals surface area contributed by atoms with Gasteiger partial charge in [0.1, 0.15) is 11.9 Å². The van der Waals surface area contributed by atoms with Gasteiger partial charge < -0.3 is 14.8 Å². The number of carbonyl (C=O) groups is 1. The van der Waals surface area contributed by atoms with Gasteiger partial charge in [-0.25, -0.2) is 13.1 Å². The lowest BCUT2D eigenvalue weighted by Gasteiger charge is -2.11. The van der Waals surface area contributed by atoms with Gasteiger partial charge in [0.05, 0.1) is 11.2 Å². The molecule has 7 nitrogen and oxygen atoms in total. The molecule has 0 bridgehead atoms. The van der Waals surface area contributed by atoms with Crippen LogP contribution >= 0.6 is 11.3 Å². The summed E-state index contributed by atoms with van der Waals surface area (Å²) in [4.78, 5) is 12.7. The van der Waals surface area contributed by atoms with Gasteiger partial charge in [0, 0.05) is 28.9 Å². The Labute approximate surface area is 167 Å². The fourth-order valence-electron chi connectivity index (χ4n) is 2.70. The Morgan fingerprint density at radius 3 is 2.68 bits per heavy atom. The summed E-state index contributed by atoms with van der Waals surface area (Å²) in [5, 5.41) is 12.9. The number of furan rings is 1. The minimum Gasteiger partial charge on any atom is -0.466 e. The number of aliphatic hydroxyl groups is 1. The van der Waals surface area contributed by atoms with E-state index in [1.807, 2.05) is 0 Å². The zero-order valence-electron chi connectivity index (χ0n) is 15.3. The lowest BCUT2D eigenvalue weighted by molar-refractivity contribution is -0.114. The Bertz CT molecular complexity index is 1070. The van der Waals surface area contributed by atoms with E-state index >= 15 is 0 Å². The highest BCUT2D eigenvalue weighted by atomic mass is 32.2. The molecule has 3 rings (SSSR count). The van der Waals surface area contributed by atoms with E-state index in [9.17, 15) is 18.3 Å². The summed E-state index contributed by atoms with van der Waals surface area (Å²) in [6, 6.07) is 11.5. The van der Waals surface area contributed by atoms with E-state index in [-0.39, 0.29) is 17.3 Å². The van der Waals surface area contributed by atoms with Crippen LogP contribution in [0.15, 0.2) is 58.0 Å². The fourth-order valence-corrected chi connectivity index (χ4v) is 4.97. The number of hydrogen-bond acceptors (Lipinski definition) is 6. The Balaban J connectivity index is 1.69. The van der Waals surface area contributed by atoms with Crippen LogP contribution < -0.4 is 10.0 Å². The number of anilines is 1. The fraction of sp³-hybridized carbons (Fsp3) is 0.211. The summed E-state index contributed by atoms with van der Waals surface area (Å²) in [6.45, 7) is 3.16. The second-order valence-electron chi connectivity index (χ2n) is 6.21. The van der Waals surface area contributed by atoms with Crippen LogP contribution in [-0.4, -0.2) is 19.4 Å². The molecule has 9 heteroatoms. The number of nitrogens with one attached hydrogen (secondary N) is 2. The second-order valence-corrected chi connectivity index (χ2v) is 9.14. The SMILES string of the molecule is CC(=O)Nc1ccc(S(=O)(=O)NCc2ccc(C(O)c3ccco3)s2)c(C)c1. The minimum absolute atomic E-state index is 0.102. The van der Waals surface area contributed by atoms with Gasteiger partial charge >= 0.3 is 0 Å². The van der Waals surface area contributed by atoms with Crippen molar-refractivity contribution in [2.75, 3.05) is 5.32 Å². The molecule has 0 saturated carbocycles. The van der Waals surface area contributed by atoms with Crippen LogP contribution in [-0.2, 0) is 21.4 Å². The van der Waals surface area contributed by atoms with Crippen molar-refractivity contribution in [1.29, 1.82) is 0 Å². The number of rotatable bonds is 7. The molecule has 2 aromatic heterocycles.